The molecule has 3 aromatic rings. The Bertz CT molecular complexity index is 1190. The SMILES string of the molecule is CC(=O)c1ccc(F)c(-c2cc(C)cc3c2OC(CNC(=O)CCn2ccc(C)n2)C3)c1. The van der Waals surface area contributed by atoms with Crippen molar-refractivity contribution in [3.05, 3.63) is 70.8 Å². The smallest absolute Gasteiger partial charge is 0.221 e. The highest BCUT2D eigenvalue weighted by Crippen LogP contribution is 2.41. The van der Waals surface area contributed by atoms with Crippen molar-refractivity contribution in [1.82, 2.24) is 15.1 Å². The van der Waals surface area contributed by atoms with E-state index in [0.29, 0.717) is 48.4 Å². The van der Waals surface area contributed by atoms with E-state index in [9.17, 15) is 14.0 Å². The first-order valence-corrected chi connectivity index (χ1v) is 10.7. The van der Waals surface area contributed by atoms with Crippen molar-refractivity contribution in [3.63, 3.8) is 0 Å². The molecule has 0 spiro atoms. The zero-order chi connectivity index (χ0) is 22.8. The number of fused-ring (bicyclic) bond motifs is 1. The number of amides is 1. The molecule has 2 heterocycles. The van der Waals surface area contributed by atoms with Crippen LogP contribution in [0.5, 0.6) is 5.75 Å². The maximum absolute atomic E-state index is 14.7. The predicted octanol–water partition coefficient (Wildman–Crippen LogP) is 4.02. The molecule has 1 atom stereocenters. The molecule has 6 nitrogen and oxygen atoms in total. The molecule has 1 aliphatic heterocycles. The van der Waals surface area contributed by atoms with Gasteiger partial charge in [0.15, 0.2) is 5.78 Å². The molecule has 0 saturated heterocycles. The van der Waals surface area contributed by atoms with E-state index in [0.717, 1.165) is 16.8 Å². The normalized spacial score (nSPS) is 14.7. The molecule has 0 saturated carbocycles. The van der Waals surface area contributed by atoms with Crippen LogP contribution in [0.1, 0.15) is 40.5 Å². The maximum Gasteiger partial charge on any atom is 0.221 e. The maximum atomic E-state index is 14.7. The van der Waals surface area contributed by atoms with Gasteiger partial charge >= 0.3 is 0 Å². The lowest BCUT2D eigenvalue weighted by Crippen LogP contribution is -2.34. The van der Waals surface area contributed by atoms with Gasteiger partial charge in [-0.25, -0.2) is 4.39 Å². The molecule has 1 N–H and O–H groups in total. The Kier molecular flexibility index (Phi) is 6.08. The van der Waals surface area contributed by atoms with Crippen LogP contribution in [0, 0.1) is 19.7 Å². The van der Waals surface area contributed by atoms with Gasteiger partial charge in [-0.3, -0.25) is 14.3 Å². The highest BCUT2D eigenvalue weighted by Gasteiger charge is 2.28. The summed E-state index contributed by atoms with van der Waals surface area (Å²) in [4.78, 5) is 24.0. The van der Waals surface area contributed by atoms with E-state index >= 15 is 0 Å². The summed E-state index contributed by atoms with van der Waals surface area (Å²) in [6, 6.07) is 10.2. The standard InChI is InChI=1S/C25H26FN3O3/c1-15-10-19-12-20(14-27-24(31)7-9-29-8-6-16(2)28-29)32-25(19)22(11-15)21-13-18(17(3)30)4-5-23(21)26/h4-6,8,10-11,13,20H,7,9,12,14H2,1-3H3,(H,27,31). The number of aromatic nitrogens is 2. The Morgan fingerprint density at radius 1 is 1.19 bits per heavy atom. The Balaban J connectivity index is 1.45. The number of hydrogen-bond donors (Lipinski definition) is 1. The number of carbonyl (C=O) groups excluding carboxylic acids is 2. The fourth-order valence-corrected chi connectivity index (χ4v) is 3.98. The molecule has 7 heteroatoms. The Morgan fingerprint density at radius 3 is 2.72 bits per heavy atom. The zero-order valence-corrected chi connectivity index (χ0v) is 18.4. The second kappa shape index (κ2) is 8.94. The largest absolute Gasteiger partial charge is 0.487 e. The van der Waals surface area contributed by atoms with Gasteiger partial charge in [-0.05, 0) is 62.2 Å². The van der Waals surface area contributed by atoms with E-state index in [1.807, 2.05) is 38.2 Å². The fraction of sp³-hybridized carbons (Fsp3) is 0.320. The Hall–Kier alpha value is -3.48. The van der Waals surface area contributed by atoms with E-state index in [4.69, 9.17) is 4.74 Å². The number of rotatable bonds is 7. The molecule has 0 bridgehead atoms. The minimum atomic E-state index is -0.406. The summed E-state index contributed by atoms with van der Waals surface area (Å²) in [5.41, 5.74) is 4.29. The first-order chi connectivity index (χ1) is 15.3. The molecule has 1 aromatic heterocycles. The van der Waals surface area contributed by atoms with Gasteiger partial charge in [-0.1, -0.05) is 6.07 Å². The quantitative estimate of drug-likeness (QED) is 0.569. The molecular weight excluding hydrogens is 409 g/mol. The van der Waals surface area contributed by atoms with Crippen LogP contribution in [0.15, 0.2) is 42.6 Å². The average Bonchev–Trinajstić information content (AvgIpc) is 3.35. The third-order valence-electron chi connectivity index (χ3n) is 5.57. The van der Waals surface area contributed by atoms with Crippen molar-refractivity contribution in [2.45, 2.75) is 46.3 Å². The summed E-state index contributed by atoms with van der Waals surface area (Å²) in [5, 5.41) is 7.20. The van der Waals surface area contributed by atoms with E-state index < -0.39 is 5.82 Å². The highest BCUT2D eigenvalue weighted by molar-refractivity contribution is 5.95. The fourth-order valence-electron chi connectivity index (χ4n) is 3.98. The lowest BCUT2D eigenvalue weighted by molar-refractivity contribution is -0.121. The second-order valence-electron chi connectivity index (χ2n) is 8.27. The summed E-state index contributed by atoms with van der Waals surface area (Å²) in [6.45, 7) is 6.19. The summed E-state index contributed by atoms with van der Waals surface area (Å²) < 4.78 is 22.5. The third-order valence-corrected chi connectivity index (χ3v) is 5.57. The number of carbonyl (C=O) groups is 2. The number of nitrogens with zero attached hydrogens (tertiary/aromatic N) is 2. The van der Waals surface area contributed by atoms with Gasteiger partial charge in [0.25, 0.3) is 0 Å². The van der Waals surface area contributed by atoms with Crippen LogP contribution >= 0.6 is 0 Å². The Morgan fingerprint density at radius 2 is 2.00 bits per heavy atom. The van der Waals surface area contributed by atoms with Crippen LogP contribution < -0.4 is 10.1 Å². The molecule has 0 aliphatic carbocycles. The molecular formula is C25H26FN3O3. The van der Waals surface area contributed by atoms with Crippen LogP contribution in [-0.4, -0.2) is 34.1 Å². The van der Waals surface area contributed by atoms with Gasteiger partial charge in [-0.15, -0.1) is 0 Å². The number of aryl methyl sites for hydroxylation is 3. The van der Waals surface area contributed by atoms with E-state index in [-0.39, 0.29) is 17.8 Å². The lowest BCUT2D eigenvalue weighted by atomic mass is 9.95. The number of benzene rings is 2. The summed E-state index contributed by atoms with van der Waals surface area (Å²) >= 11 is 0. The number of nitrogens with one attached hydrogen (secondary N) is 1. The number of hydrogen-bond acceptors (Lipinski definition) is 4. The number of ketones is 1. The highest BCUT2D eigenvalue weighted by atomic mass is 19.1. The molecule has 166 valence electrons. The number of ether oxygens (including phenoxy) is 1. The summed E-state index contributed by atoms with van der Waals surface area (Å²) in [5.74, 6) is 0.00937. The summed E-state index contributed by atoms with van der Waals surface area (Å²) in [6.07, 6.45) is 2.56. The van der Waals surface area contributed by atoms with E-state index in [2.05, 4.69) is 10.4 Å². The van der Waals surface area contributed by atoms with Crippen molar-refractivity contribution in [1.29, 1.82) is 0 Å². The summed E-state index contributed by atoms with van der Waals surface area (Å²) in [7, 11) is 0. The van der Waals surface area contributed by atoms with Crippen molar-refractivity contribution in [2.75, 3.05) is 6.54 Å². The van der Waals surface area contributed by atoms with Crippen molar-refractivity contribution in [2.24, 2.45) is 0 Å². The van der Waals surface area contributed by atoms with Crippen LogP contribution in [0.4, 0.5) is 4.39 Å². The van der Waals surface area contributed by atoms with Gasteiger partial charge < -0.3 is 10.1 Å². The predicted molar refractivity (Wildman–Crippen MR) is 119 cm³/mol. The van der Waals surface area contributed by atoms with Crippen molar-refractivity contribution in [3.8, 4) is 16.9 Å². The molecule has 4 rings (SSSR count). The minimum absolute atomic E-state index is 0.0747. The average molecular weight is 435 g/mol. The molecule has 0 radical (unpaired) electrons. The topological polar surface area (TPSA) is 73.2 Å². The zero-order valence-electron chi connectivity index (χ0n) is 18.4. The number of Topliss-reactive ketones (excluding diaryl/α,β-unsaturated/α-hetero) is 1. The molecule has 1 amide bonds. The first-order valence-electron chi connectivity index (χ1n) is 10.7. The molecule has 2 aromatic carbocycles. The number of halogens is 1. The van der Waals surface area contributed by atoms with E-state index in [1.54, 1.807) is 10.7 Å². The van der Waals surface area contributed by atoms with E-state index in [1.165, 1.54) is 19.1 Å². The molecule has 32 heavy (non-hydrogen) atoms. The van der Waals surface area contributed by atoms with Crippen LogP contribution in [0.2, 0.25) is 0 Å². The van der Waals surface area contributed by atoms with Gasteiger partial charge in [0.05, 0.1) is 12.2 Å². The van der Waals surface area contributed by atoms with Gasteiger partial charge in [0, 0.05) is 42.3 Å². The molecule has 1 aliphatic rings. The van der Waals surface area contributed by atoms with Crippen LogP contribution in [0.3, 0.4) is 0 Å². The minimum Gasteiger partial charge on any atom is -0.487 e. The van der Waals surface area contributed by atoms with Crippen LogP contribution in [-0.2, 0) is 17.8 Å². The van der Waals surface area contributed by atoms with Crippen LogP contribution in [0.25, 0.3) is 11.1 Å². The van der Waals surface area contributed by atoms with Crippen molar-refractivity contribution < 1.29 is 18.7 Å². The van der Waals surface area contributed by atoms with Gasteiger partial charge in [0.1, 0.15) is 17.7 Å². The first kappa shape index (κ1) is 21.7. The Labute approximate surface area is 186 Å². The van der Waals surface area contributed by atoms with Gasteiger partial charge in [-0.2, -0.15) is 5.10 Å². The second-order valence-corrected chi connectivity index (χ2v) is 8.27. The van der Waals surface area contributed by atoms with Crippen molar-refractivity contribution >= 4 is 11.7 Å². The lowest BCUT2D eigenvalue weighted by Gasteiger charge is -2.15. The molecule has 0 fully saturated rings. The van der Waals surface area contributed by atoms with Gasteiger partial charge in [0.2, 0.25) is 5.91 Å². The molecule has 1 unspecified atom stereocenters. The monoisotopic (exact) mass is 435 g/mol. The third kappa shape index (κ3) is 4.72.